The predicted molar refractivity (Wildman–Crippen MR) is 78.8 cm³/mol. The van der Waals surface area contributed by atoms with Crippen LogP contribution in [0.1, 0.15) is 18.4 Å². The average molecular weight is 310 g/mol. The summed E-state index contributed by atoms with van der Waals surface area (Å²) >= 11 is 3.61. The minimum atomic E-state index is 0.595. The molecule has 2 heterocycles. The van der Waals surface area contributed by atoms with Gasteiger partial charge in [0.2, 0.25) is 0 Å². The Kier molecular flexibility index (Phi) is 3.59. The number of halogens is 1. The molecule has 2 aliphatic rings. The standard InChI is InChI=1S/C14H20BrN3/c15-14-8-12(4-3-11(14)9-16)18-7-6-17-5-1-2-13(17)10-18/h3-4,8,13H,1-2,5-7,9-10,16H2. The molecule has 4 heteroatoms. The fraction of sp³-hybridized carbons (Fsp3) is 0.571. The molecule has 1 aromatic carbocycles. The van der Waals surface area contributed by atoms with Gasteiger partial charge in [0.15, 0.2) is 0 Å². The van der Waals surface area contributed by atoms with E-state index in [0.29, 0.717) is 6.54 Å². The number of hydrogen-bond donors (Lipinski definition) is 1. The molecule has 0 aliphatic carbocycles. The summed E-state index contributed by atoms with van der Waals surface area (Å²) in [5, 5.41) is 0. The summed E-state index contributed by atoms with van der Waals surface area (Å²) in [6, 6.07) is 7.33. The van der Waals surface area contributed by atoms with Gasteiger partial charge < -0.3 is 10.6 Å². The van der Waals surface area contributed by atoms with Crippen molar-refractivity contribution in [1.29, 1.82) is 0 Å². The van der Waals surface area contributed by atoms with Crippen LogP contribution < -0.4 is 10.6 Å². The van der Waals surface area contributed by atoms with Gasteiger partial charge in [-0.05, 0) is 37.1 Å². The van der Waals surface area contributed by atoms with Crippen molar-refractivity contribution in [1.82, 2.24) is 4.90 Å². The average Bonchev–Trinajstić information content (AvgIpc) is 2.85. The van der Waals surface area contributed by atoms with Crippen LogP contribution in [-0.4, -0.2) is 37.1 Å². The van der Waals surface area contributed by atoms with E-state index in [9.17, 15) is 0 Å². The van der Waals surface area contributed by atoms with Crippen LogP contribution in [0, 0.1) is 0 Å². The molecule has 0 amide bonds. The topological polar surface area (TPSA) is 32.5 Å². The Hall–Kier alpha value is -0.580. The first kappa shape index (κ1) is 12.5. The highest BCUT2D eigenvalue weighted by Gasteiger charge is 2.30. The second-order valence-electron chi connectivity index (χ2n) is 5.26. The molecule has 1 unspecified atom stereocenters. The van der Waals surface area contributed by atoms with Crippen LogP contribution in [0.3, 0.4) is 0 Å². The second kappa shape index (κ2) is 5.19. The summed E-state index contributed by atoms with van der Waals surface area (Å²) in [4.78, 5) is 5.15. The highest BCUT2D eigenvalue weighted by molar-refractivity contribution is 9.10. The molecule has 2 aliphatic heterocycles. The fourth-order valence-corrected chi connectivity index (χ4v) is 3.65. The van der Waals surface area contributed by atoms with Crippen LogP contribution in [0.2, 0.25) is 0 Å². The first-order valence-corrected chi connectivity index (χ1v) is 7.55. The molecule has 0 radical (unpaired) electrons. The smallest absolute Gasteiger partial charge is 0.0378 e. The number of benzene rings is 1. The molecule has 2 N–H and O–H groups in total. The SMILES string of the molecule is NCc1ccc(N2CCN3CCCC3C2)cc1Br. The minimum absolute atomic E-state index is 0.595. The van der Waals surface area contributed by atoms with Crippen molar-refractivity contribution in [3.63, 3.8) is 0 Å². The van der Waals surface area contributed by atoms with Crippen molar-refractivity contribution >= 4 is 21.6 Å². The Morgan fingerprint density at radius 3 is 2.94 bits per heavy atom. The lowest BCUT2D eigenvalue weighted by atomic mass is 10.1. The third kappa shape index (κ3) is 2.29. The van der Waals surface area contributed by atoms with E-state index in [1.807, 2.05) is 0 Å². The van der Waals surface area contributed by atoms with E-state index in [1.165, 1.54) is 43.7 Å². The normalized spacial score (nSPS) is 24.3. The van der Waals surface area contributed by atoms with Gasteiger partial charge in [0, 0.05) is 42.4 Å². The molecule has 2 fully saturated rings. The minimum Gasteiger partial charge on any atom is -0.369 e. The molecule has 1 aromatic rings. The van der Waals surface area contributed by atoms with Gasteiger partial charge in [-0.3, -0.25) is 4.90 Å². The van der Waals surface area contributed by atoms with Gasteiger partial charge in [0.05, 0.1) is 0 Å². The first-order valence-electron chi connectivity index (χ1n) is 6.75. The zero-order valence-corrected chi connectivity index (χ0v) is 12.2. The van der Waals surface area contributed by atoms with Gasteiger partial charge in [-0.1, -0.05) is 22.0 Å². The van der Waals surface area contributed by atoms with Crippen molar-refractivity contribution in [3.8, 4) is 0 Å². The number of fused-ring (bicyclic) bond motifs is 1. The lowest BCUT2D eigenvalue weighted by molar-refractivity contribution is 0.231. The third-order valence-corrected chi connectivity index (χ3v) is 4.95. The summed E-state index contributed by atoms with van der Waals surface area (Å²) < 4.78 is 1.14. The first-order chi connectivity index (χ1) is 8.78. The van der Waals surface area contributed by atoms with Crippen molar-refractivity contribution in [2.75, 3.05) is 31.1 Å². The molecule has 1 atom stereocenters. The summed E-state index contributed by atoms with van der Waals surface area (Å²) in [7, 11) is 0. The second-order valence-corrected chi connectivity index (χ2v) is 6.11. The summed E-state index contributed by atoms with van der Waals surface area (Å²) in [6.45, 7) is 5.42. The number of anilines is 1. The Morgan fingerprint density at radius 2 is 2.17 bits per heavy atom. The molecule has 2 saturated heterocycles. The zero-order valence-electron chi connectivity index (χ0n) is 10.6. The van der Waals surface area contributed by atoms with Gasteiger partial charge in [-0.2, -0.15) is 0 Å². The van der Waals surface area contributed by atoms with E-state index in [2.05, 4.69) is 43.9 Å². The molecule has 0 spiro atoms. The van der Waals surface area contributed by atoms with E-state index in [4.69, 9.17) is 5.73 Å². The molecule has 0 saturated carbocycles. The van der Waals surface area contributed by atoms with Crippen molar-refractivity contribution in [2.24, 2.45) is 5.73 Å². The van der Waals surface area contributed by atoms with Crippen LogP contribution in [0.15, 0.2) is 22.7 Å². The predicted octanol–water partition coefficient (Wildman–Crippen LogP) is 2.19. The van der Waals surface area contributed by atoms with Gasteiger partial charge in [-0.25, -0.2) is 0 Å². The number of piperazine rings is 1. The molecule has 3 nitrogen and oxygen atoms in total. The molecule has 98 valence electrons. The van der Waals surface area contributed by atoms with Crippen LogP contribution in [0.5, 0.6) is 0 Å². The quantitative estimate of drug-likeness (QED) is 0.909. The maximum atomic E-state index is 5.70. The van der Waals surface area contributed by atoms with Crippen molar-refractivity contribution in [2.45, 2.75) is 25.4 Å². The Bertz CT molecular complexity index is 435. The molecular formula is C14H20BrN3. The number of nitrogens with zero attached hydrogens (tertiary/aromatic N) is 2. The molecule has 0 aromatic heterocycles. The Morgan fingerprint density at radius 1 is 1.28 bits per heavy atom. The van der Waals surface area contributed by atoms with E-state index in [0.717, 1.165) is 17.1 Å². The van der Waals surface area contributed by atoms with E-state index >= 15 is 0 Å². The summed E-state index contributed by atoms with van der Waals surface area (Å²) in [6.07, 6.45) is 2.73. The molecule has 0 bridgehead atoms. The fourth-order valence-electron chi connectivity index (χ4n) is 3.12. The lowest BCUT2D eigenvalue weighted by Gasteiger charge is -2.39. The number of nitrogens with two attached hydrogens (primary N) is 1. The number of hydrogen-bond acceptors (Lipinski definition) is 3. The molecule has 18 heavy (non-hydrogen) atoms. The highest BCUT2D eigenvalue weighted by Crippen LogP contribution is 2.28. The number of rotatable bonds is 2. The van der Waals surface area contributed by atoms with Crippen molar-refractivity contribution < 1.29 is 0 Å². The van der Waals surface area contributed by atoms with E-state index in [1.54, 1.807) is 0 Å². The Balaban J connectivity index is 1.76. The maximum absolute atomic E-state index is 5.70. The zero-order chi connectivity index (χ0) is 12.5. The van der Waals surface area contributed by atoms with Crippen LogP contribution in [0.25, 0.3) is 0 Å². The molecular weight excluding hydrogens is 290 g/mol. The van der Waals surface area contributed by atoms with Gasteiger partial charge in [0.1, 0.15) is 0 Å². The van der Waals surface area contributed by atoms with E-state index in [-0.39, 0.29) is 0 Å². The van der Waals surface area contributed by atoms with Gasteiger partial charge in [-0.15, -0.1) is 0 Å². The van der Waals surface area contributed by atoms with Crippen LogP contribution >= 0.6 is 15.9 Å². The van der Waals surface area contributed by atoms with Gasteiger partial charge >= 0.3 is 0 Å². The summed E-state index contributed by atoms with van der Waals surface area (Å²) in [5.74, 6) is 0. The monoisotopic (exact) mass is 309 g/mol. The third-order valence-electron chi connectivity index (χ3n) is 4.21. The van der Waals surface area contributed by atoms with Crippen LogP contribution in [-0.2, 0) is 6.54 Å². The molecule has 3 rings (SSSR count). The van der Waals surface area contributed by atoms with Gasteiger partial charge in [0.25, 0.3) is 0 Å². The van der Waals surface area contributed by atoms with Crippen LogP contribution in [0.4, 0.5) is 5.69 Å². The van der Waals surface area contributed by atoms with E-state index < -0.39 is 0 Å². The largest absolute Gasteiger partial charge is 0.369 e. The highest BCUT2D eigenvalue weighted by atomic mass is 79.9. The lowest BCUT2D eigenvalue weighted by Crippen LogP contribution is -2.50. The van der Waals surface area contributed by atoms with Crippen molar-refractivity contribution in [3.05, 3.63) is 28.2 Å². The maximum Gasteiger partial charge on any atom is 0.0378 e. The summed E-state index contributed by atoms with van der Waals surface area (Å²) in [5.41, 5.74) is 8.20. The Labute approximate surface area is 117 Å².